The van der Waals surface area contributed by atoms with E-state index in [1.807, 2.05) is 50.4 Å². The first-order valence-corrected chi connectivity index (χ1v) is 9.45. The first-order chi connectivity index (χ1) is 13.2. The fraction of sp³-hybridized carbons (Fsp3) is 0.318. The average molecular weight is 366 g/mol. The predicted molar refractivity (Wildman–Crippen MR) is 109 cm³/mol. The third-order valence-corrected chi connectivity index (χ3v) is 4.36. The van der Waals surface area contributed by atoms with Crippen LogP contribution >= 0.6 is 0 Å². The molecule has 0 aliphatic heterocycles. The van der Waals surface area contributed by atoms with Crippen LogP contribution in [-0.4, -0.2) is 24.1 Å². The molecule has 0 radical (unpaired) electrons. The van der Waals surface area contributed by atoms with Gasteiger partial charge in [-0.05, 0) is 50.5 Å². The number of carbonyl (C=O) groups excluding carboxylic acids is 1. The maximum Gasteiger partial charge on any atom is 0.224 e. The second kappa shape index (κ2) is 9.12. The number of hydrogen-bond donors (Lipinski definition) is 2. The van der Waals surface area contributed by atoms with E-state index in [2.05, 4.69) is 22.4 Å². The second-order valence-electron chi connectivity index (χ2n) is 6.29. The van der Waals surface area contributed by atoms with Gasteiger partial charge in [0, 0.05) is 29.6 Å². The Bertz CT molecular complexity index is 901. The maximum absolute atomic E-state index is 12.4. The standard InChI is InChI=1S/C22H26N2O3/c1-3-26-17-12-13-21(27-4-2)20(14-17)24-22(25)11-7-8-16-15-23-19-10-6-5-9-18(16)19/h5-6,9-10,12-15,23H,3-4,7-8,11H2,1-2H3,(H,24,25). The predicted octanol–water partition coefficient (Wildman–Crippen LogP) is 4.93. The summed E-state index contributed by atoms with van der Waals surface area (Å²) in [5.41, 5.74) is 3.03. The van der Waals surface area contributed by atoms with Gasteiger partial charge in [0.05, 0.1) is 18.9 Å². The zero-order valence-corrected chi connectivity index (χ0v) is 15.9. The Labute approximate surface area is 159 Å². The quantitative estimate of drug-likeness (QED) is 0.564. The van der Waals surface area contributed by atoms with Gasteiger partial charge in [-0.15, -0.1) is 0 Å². The fourth-order valence-electron chi connectivity index (χ4n) is 3.14. The SMILES string of the molecule is CCOc1ccc(OCC)c(NC(=O)CCCc2c[nH]c3ccccc23)c1. The van der Waals surface area contributed by atoms with E-state index in [-0.39, 0.29) is 5.91 Å². The van der Waals surface area contributed by atoms with Crippen LogP contribution in [0.1, 0.15) is 32.3 Å². The van der Waals surface area contributed by atoms with E-state index in [1.165, 1.54) is 10.9 Å². The summed E-state index contributed by atoms with van der Waals surface area (Å²) in [5, 5.41) is 4.18. The number of aromatic nitrogens is 1. The minimum Gasteiger partial charge on any atom is -0.494 e. The van der Waals surface area contributed by atoms with Gasteiger partial charge in [-0.3, -0.25) is 4.79 Å². The van der Waals surface area contributed by atoms with Gasteiger partial charge >= 0.3 is 0 Å². The van der Waals surface area contributed by atoms with E-state index in [0.717, 1.165) is 24.1 Å². The number of H-pyrrole nitrogens is 1. The number of ether oxygens (including phenoxy) is 2. The molecule has 1 heterocycles. The van der Waals surface area contributed by atoms with Crippen molar-refractivity contribution in [2.24, 2.45) is 0 Å². The summed E-state index contributed by atoms with van der Waals surface area (Å²) >= 11 is 0. The number of para-hydroxylation sites is 1. The van der Waals surface area contributed by atoms with Crippen LogP contribution in [0.2, 0.25) is 0 Å². The van der Waals surface area contributed by atoms with Crippen molar-refractivity contribution in [3.8, 4) is 11.5 Å². The first kappa shape index (κ1) is 18.8. The molecule has 0 bridgehead atoms. The summed E-state index contributed by atoms with van der Waals surface area (Å²) in [6.45, 7) is 4.96. The molecule has 0 saturated heterocycles. The van der Waals surface area contributed by atoms with Gasteiger partial charge in [0.25, 0.3) is 0 Å². The Morgan fingerprint density at radius 3 is 2.70 bits per heavy atom. The van der Waals surface area contributed by atoms with Crippen LogP contribution in [0.3, 0.4) is 0 Å². The summed E-state index contributed by atoms with van der Waals surface area (Å²) in [6.07, 6.45) is 4.11. The van der Waals surface area contributed by atoms with Crippen LogP contribution in [0, 0.1) is 0 Å². The largest absolute Gasteiger partial charge is 0.494 e. The second-order valence-corrected chi connectivity index (χ2v) is 6.29. The number of rotatable bonds is 9. The Balaban J connectivity index is 1.59. The molecule has 0 aliphatic rings. The summed E-state index contributed by atoms with van der Waals surface area (Å²) in [7, 11) is 0. The van der Waals surface area contributed by atoms with Crippen LogP contribution in [0.25, 0.3) is 10.9 Å². The third-order valence-electron chi connectivity index (χ3n) is 4.36. The lowest BCUT2D eigenvalue weighted by Crippen LogP contribution is -2.13. The van der Waals surface area contributed by atoms with Crippen LogP contribution in [0.5, 0.6) is 11.5 Å². The van der Waals surface area contributed by atoms with Gasteiger partial charge in [-0.1, -0.05) is 18.2 Å². The van der Waals surface area contributed by atoms with E-state index >= 15 is 0 Å². The number of aromatic amines is 1. The molecule has 0 spiro atoms. The summed E-state index contributed by atoms with van der Waals surface area (Å²) in [6, 6.07) is 13.7. The maximum atomic E-state index is 12.4. The Hall–Kier alpha value is -2.95. The van der Waals surface area contributed by atoms with Crippen molar-refractivity contribution < 1.29 is 14.3 Å². The van der Waals surface area contributed by atoms with Crippen molar-refractivity contribution in [3.05, 3.63) is 54.2 Å². The Kier molecular flexibility index (Phi) is 6.36. The van der Waals surface area contributed by atoms with Gasteiger partial charge in [0.1, 0.15) is 11.5 Å². The van der Waals surface area contributed by atoms with Crippen LogP contribution in [0.4, 0.5) is 5.69 Å². The van der Waals surface area contributed by atoms with Crippen molar-refractivity contribution in [2.45, 2.75) is 33.1 Å². The molecule has 27 heavy (non-hydrogen) atoms. The molecule has 142 valence electrons. The molecule has 1 amide bonds. The molecular weight excluding hydrogens is 340 g/mol. The lowest BCUT2D eigenvalue weighted by molar-refractivity contribution is -0.116. The summed E-state index contributed by atoms with van der Waals surface area (Å²) < 4.78 is 11.1. The zero-order chi connectivity index (χ0) is 19.1. The highest BCUT2D eigenvalue weighted by Crippen LogP contribution is 2.29. The summed E-state index contributed by atoms with van der Waals surface area (Å²) in [4.78, 5) is 15.7. The molecule has 5 heteroatoms. The number of carbonyl (C=O) groups is 1. The Morgan fingerprint density at radius 2 is 1.89 bits per heavy atom. The molecule has 0 unspecified atom stereocenters. The number of amides is 1. The number of anilines is 1. The average Bonchev–Trinajstić information content (AvgIpc) is 3.07. The lowest BCUT2D eigenvalue weighted by atomic mass is 10.1. The molecule has 0 atom stereocenters. The van der Waals surface area contributed by atoms with E-state index in [9.17, 15) is 4.79 Å². The highest BCUT2D eigenvalue weighted by molar-refractivity contribution is 5.92. The number of nitrogens with one attached hydrogen (secondary N) is 2. The fourth-order valence-corrected chi connectivity index (χ4v) is 3.14. The molecule has 0 fully saturated rings. The van der Waals surface area contributed by atoms with Crippen molar-refractivity contribution >= 4 is 22.5 Å². The number of aryl methyl sites for hydroxylation is 1. The summed E-state index contributed by atoms with van der Waals surface area (Å²) in [5.74, 6) is 1.35. The molecule has 1 aromatic heterocycles. The highest BCUT2D eigenvalue weighted by Gasteiger charge is 2.10. The molecule has 3 rings (SSSR count). The van der Waals surface area contributed by atoms with Crippen molar-refractivity contribution in [3.63, 3.8) is 0 Å². The molecule has 5 nitrogen and oxygen atoms in total. The zero-order valence-electron chi connectivity index (χ0n) is 15.9. The minimum atomic E-state index is -0.0237. The van der Waals surface area contributed by atoms with Crippen molar-refractivity contribution in [1.82, 2.24) is 4.98 Å². The van der Waals surface area contributed by atoms with E-state index < -0.39 is 0 Å². The monoisotopic (exact) mass is 366 g/mol. The van der Waals surface area contributed by atoms with Crippen LogP contribution in [-0.2, 0) is 11.2 Å². The van der Waals surface area contributed by atoms with Crippen molar-refractivity contribution in [2.75, 3.05) is 18.5 Å². The molecule has 0 saturated carbocycles. The number of benzene rings is 2. The molecular formula is C22H26N2O3. The van der Waals surface area contributed by atoms with Gasteiger partial charge in [-0.25, -0.2) is 0 Å². The Morgan fingerprint density at radius 1 is 1.07 bits per heavy atom. The molecule has 0 aliphatic carbocycles. The van der Waals surface area contributed by atoms with Crippen LogP contribution < -0.4 is 14.8 Å². The van der Waals surface area contributed by atoms with Gasteiger partial charge < -0.3 is 19.8 Å². The topological polar surface area (TPSA) is 63.4 Å². The third kappa shape index (κ3) is 4.82. The lowest BCUT2D eigenvalue weighted by Gasteiger charge is -2.13. The van der Waals surface area contributed by atoms with Crippen LogP contribution in [0.15, 0.2) is 48.7 Å². The minimum absolute atomic E-state index is 0.0237. The van der Waals surface area contributed by atoms with E-state index in [1.54, 1.807) is 0 Å². The highest BCUT2D eigenvalue weighted by atomic mass is 16.5. The number of fused-ring (bicyclic) bond motifs is 1. The van der Waals surface area contributed by atoms with E-state index in [4.69, 9.17) is 9.47 Å². The van der Waals surface area contributed by atoms with Gasteiger partial charge in [0.2, 0.25) is 5.91 Å². The normalized spacial score (nSPS) is 10.7. The van der Waals surface area contributed by atoms with Crippen molar-refractivity contribution in [1.29, 1.82) is 0 Å². The first-order valence-electron chi connectivity index (χ1n) is 9.45. The van der Waals surface area contributed by atoms with Gasteiger partial charge in [0.15, 0.2) is 0 Å². The molecule has 2 aromatic carbocycles. The molecule has 2 N–H and O–H groups in total. The molecule has 3 aromatic rings. The van der Waals surface area contributed by atoms with E-state index in [0.29, 0.717) is 31.1 Å². The van der Waals surface area contributed by atoms with Gasteiger partial charge in [-0.2, -0.15) is 0 Å². The number of hydrogen-bond acceptors (Lipinski definition) is 3. The smallest absolute Gasteiger partial charge is 0.224 e.